The van der Waals surface area contributed by atoms with Crippen molar-refractivity contribution in [1.82, 2.24) is 14.1 Å². The van der Waals surface area contributed by atoms with Crippen LogP contribution < -0.4 is 9.80 Å². The van der Waals surface area contributed by atoms with Gasteiger partial charge in [0.25, 0.3) is 0 Å². The summed E-state index contributed by atoms with van der Waals surface area (Å²) in [6.45, 7) is 0. The van der Waals surface area contributed by atoms with Gasteiger partial charge in [0.2, 0.25) is 0 Å². The van der Waals surface area contributed by atoms with Crippen molar-refractivity contribution < 1.29 is 0 Å². The molecule has 0 fully saturated rings. The van der Waals surface area contributed by atoms with Gasteiger partial charge in [0.15, 0.2) is 0 Å². The lowest BCUT2D eigenvalue weighted by atomic mass is 9.98. The van der Waals surface area contributed by atoms with Gasteiger partial charge < -0.3 is 18.9 Å². The van der Waals surface area contributed by atoms with Crippen LogP contribution in [0.3, 0.4) is 0 Å². The molecule has 0 spiro atoms. The van der Waals surface area contributed by atoms with Gasteiger partial charge in [-0.05, 0) is 78.9 Å². The van der Waals surface area contributed by atoms with Crippen LogP contribution in [0.25, 0.3) is 77.9 Å². The number of fused-ring (bicyclic) bond motifs is 14. The summed E-state index contributed by atoms with van der Waals surface area (Å²) in [5.41, 5.74) is 20.6. The van der Waals surface area contributed by atoms with Crippen molar-refractivity contribution >= 4 is 55.9 Å². The summed E-state index contributed by atoms with van der Waals surface area (Å²) in [5.74, 6) is 0. The molecule has 0 unspecified atom stereocenters. The molecular weight excluding hydrogens is 755 g/mol. The zero-order valence-electron chi connectivity index (χ0n) is 33.6. The molecule has 0 radical (unpaired) electrons. The average molecular weight is 792 g/mol. The number of nitrogens with zero attached hydrogens (tertiary/aromatic N) is 5. The highest BCUT2D eigenvalue weighted by Crippen LogP contribution is 2.56. The first-order valence-corrected chi connectivity index (χ1v) is 21.1. The third kappa shape index (κ3) is 4.93. The molecule has 0 amide bonds. The molecule has 5 nitrogen and oxygen atoms in total. The number of rotatable bonds is 4. The van der Waals surface area contributed by atoms with Gasteiger partial charge in [-0.25, -0.2) is 0 Å². The Kier molecular flexibility index (Phi) is 7.54. The van der Waals surface area contributed by atoms with Gasteiger partial charge in [0.1, 0.15) is 0 Å². The summed E-state index contributed by atoms with van der Waals surface area (Å²) in [6.07, 6.45) is 3.96. The van der Waals surface area contributed by atoms with Crippen LogP contribution in [0.1, 0.15) is 0 Å². The van der Waals surface area contributed by atoms with Crippen LogP contribution >= 0.6 is 0 Å². The van der Waals surface area contributed by atoms with Crippen molar-refractivity contribution in [2.24, 2.45) is 0 Å². The first-order valence-electron chi connectivity index (χ1n) is 21.1. The Morgan fingerprint density at radius 2 is 0.710 bits per heavy atom. The number of para-hydroxylation sites is 7. The maximum atomic E-state index is 4.75. The van der Waals surface area contributed by atoms with Crippen LogP contribution in [0, 0.1) is 0 Å². The molecule has 2 aliphatic heterocycles. The van der Waals surface area contributed by atoms with E-state index in [0.29, 0.717) is 0 Å². The van der Waals surface area contributed by atoms with E-state index in [1.807, 2.05) is 12.4 Å². The fourth-order valence-electron chi connectivity index (χ4n) is 10.2. The van der Waals surface area contributed by atoms with E-state index in [2.05, 4.69) is 231 Å². The monoisotopic (exact) mass is 791 g/mol. The number of aromatic nitrogens is 3. The van der Waals surface area contributed by atoms with Gasteiger partial charge >= 0.3 is 0 Å². The largest absolute Gasteiger partial charge is 0.309 e. The molecule has 0 N–H and O–H groups in total. The second-order valence-corrected chi connectivity index (χ2v) is 16.0. The Hall–Kier alpha value is -8.41. The minimum Gasteiger partial charge on any atom is -0.309 e. The number of anilines is 6. The lowest BCUT2D eigenvalue weighted by Crippen LogP contribution is -2.11. The highest BCUT2D eigenvalue weighted by atomic mass is 15.2. The second-order valence-electron chi connectivity index (χ2n) is 16.0. The summed E-state index contributed by atoms with van der Waals surface area (Å²) < 4.78 is 4.95. The van der Waals surface area contributed by atoms with E-state index in [1.165, 1.54) is 33.3 Å². The molecule has 0 bridgehead atoms. The van der Waals surface area contributed by atoms with Crippen molar-refractivity contribution in [1.29, 1.82) is 0 Å². The second kappa shape index (κ2) is 13.6. The molecule has 0 saturated heterocycles. The number of benzene rings is 8. The Bertz CT molecular complexity index is 3310. The van der Waals surface area contributed by atoms with Gasteiger partial charge in [-0.2, -0.15) is 0 Å². The van der Waals surface area contributed by atoms with E-state index in [9.17, 15) is 0 Å². The SMILES string of the molecule is c1ccc(N2c3ccccc3-c3c(n(-c4cccc(-n5c6c(c7cnccc75)-c5ccccc5N(c5ccccc5)c5ccccc5-6)c4)c4ccccc34)-c3ccccc32)cc1. The molecule has 0 saturated carbocycles. The Balaban J connectivity index is 1.11. The quantitative estimate of drug-likeness (QED) is 0.178. The normalized spacial score (nSPS) is 12.5. The molecule has 0 atom stereocenters. The Morgan fingerprint density at radius 3 is 1.26 bits per heavy atom. The van der Waals surface area contributed by atoms with Crippen molar-refractivity contribution in [3.63, 3.8) is 0 Å². The van der Waals surface area contributed by atoms with E-state index in [0.717, 1.165) is 78.7 Å². The zero-order chi connectivity index (χ0) is 40.7. The minimum atomic E-state index is 1.07. The molecule has 62 heavy (non-hydrogen) atoms. The van der Waals surface area contributed by atoms with E-state index in [1.54, 1.807) is 0 Å². The Labute approximate surface area is 359 Å². The lowest BCUT2D eigenvalue weighted by Gasteiger charge is -2.27. The molecule has 290 valence electrons. The van der Waals surface area contributed by atoms with Crippen LogP contribution in [0.5, 0.6) is 0 Å². The van der Waals surface area contributed by atoms with Crippen LogP contribution in [0.4, 0.5) is 34.1 Å². The summed E-state index contributed by atoms with van der Waals surface area (Å²) >= 11 is 0. The first kappa shape index (κ1) is 34.5. The maximum Gasteiger partial charge on any atom is 0.0641 e. The lowest BCUT2D eigenvalue weighted by molar-refractivity contribution is 1.09. The summed E-state index contributed by atoms with van der Waals surface area (Å²) in [7, 11) is 0. The summed E-state index contributed by atoms with van der Waals surface area (Å²) in [6, 6.07) is 77.0. The first-order chi connectivity index (χ1) is 30.8. The number of pyridine rings is 1. The number of hydrogen-bond acceptors (Lipinski definition) is 3. The van der Waals surface area contributed by atoms with Crippen LogP contribution in [-0.2, 0) is 0 Å². The predicted octanol–water partition coefficient (Wildman–Crippen LogP) is 15.2. The molecule has 5 heteroatoms. The van der Waals surface area contributed by atoms with Gasteiger partial charge in [0, 0.05) is 79.3 Å². The highest BCUT2D eigenvalue weighted by molar-refractivity contribution is 6.14. The fraction of sp³-hybridized carbons (Fsp3) is 0. The van der Waals surface area contributed by atoms with E-state index in [4.69, 9.17) is 4.98 Å². The number of hydrogen-bond donors (Lipinski definition) is 0. The van der Waals surface area contributed by atoms with Crippen LogP contribution in [0.2, 0.25) is 0 Å². The average Bonchev–Trinajstić information content (AvgIpc) is 3.78. The van der Waals surface area contributed by atoms with Crippen molar-refractivity contribution in [2.45, 2.75) is 0 Å². The fourth-order valence-corrected chi connectivity index (χ4v) is 10.2. The van der Waals surface area contributed by atoms with E-state index < -0.39 is 0 Å². The van der Waals surface area contributed by atoms with Crippen LogP contribution in [-0.4, -0.2) is 14.1 Å². The molecular formula is C57H37N5. The van der Waals surface area contributed by atoms with Gasteiger partial charge in [0.05, 0.1) is 45.2 Å². The summed E-state index contributed by atoms with van der Waals surface area (Å²) in [5, 5.41) is 2.32. The maximum absolute atomic E-state index is 4.75. The van der Waals surface area contributed by atoms with E-state index >= 15 is 0 Å². The van der Waals surface area contributed by atoms with Crippen LogP contribution in [0.15, 0.2) is 225 Å². The van der Waals surface area contributed by atoms with E-state index in [-0.39, 0.29) is 0 Å². The predicted molar refractivity (Wildman–Crippen MR) is 256 cm³/mol. The Morgan fingerprint density at radius 1 is 0.306 bits per heavy atom. The topological polar surface area (TPSA) is 29.2 Å². The molecule has 2 aliphatic rings. The smallest absolute Gasteiger partial charge is 0.0641 e. The van der Waals surface area contributed by atoms with Crippen molar-refractivity contribution in [3.8, 4) is 56.1 Å². The minimum absolute atomic E-state index is 1.07. The van der Waals surface area contributed by atoms with Gasteiger partial charge in [-0.15, -0.1) is 0 Å². The highest BCUT2D eigenvalue weighted by Gasteiger charge is 2.33. The van der Waals surface area contributed by atoms with Crippen molar-refractivity contribution in [2.75, 3.05) is 9.80 Å². The molecule has 0 aliphatic carbocycles. The third-order valence-corrected chi connectivity index (χ3v) is 12.6. The van der Waals surface area contributed by atoms with Gasteiger partial charge in [-0.1, -0.05) is 133 Å². The molecule has 3 aromatic heterocycles. The zero-order valence-corrected chi connectivity index (χ0v) is 33.6. The molecule has 11 aromatic rings. The third-order valence-electron chi connectivity index (χ3n) is 12.6. The van der Waals surface area contributed by atoms with Crippen molar-refractivity contribution in [3.05, 3.63) is 225 Å². The standard InChI is InChI=1S/C57H37N5/c1-3-18-38(19-4-1)59-48-29-12-7-24-42(48)54-44-26-9-14-31-50(44)61(56(54)45-27-10-15-32-51(45)59)40-22-17-23-41(36-40)62-53-34-35-58-37-47(53)55-43-25-8-13-30-49(43)60(39-20-5-2-6-21-39)52-33-16-11-28-46(52)57(55)62/h1-37H. The molecule has 8 aromatic carbocycles. The van der Waals surface area contributed by atoms with Gasteiger partial charge in [-0.3, -0.25) is 4.98 Å². The molecule has 13 rings (SSSR count). The molecule has 5 heterocycles. The summed E-state index contributed by atoms with van der Waals surface area (Å²) in [4.78, 5) is 9.57.